The highest BCUT2D eigenvalue weighted by Crippen LogP contribution is 2.31. The van der Waals surface area contributed by atoms with Crippen molar-refractivity contribution >= 4 is 5.91 Å². The molecule has 3 rings (SSSR count). The van der Waals surface area contributed by atoms with Gasteiger partial charge in [-0.3, -0.25) is 9.59 Å². The molecule has 0 atom stereocenters. The number of carbonyl (C=O) groups excluding carboxylic acids is 1. The second-order valence-corrected chi connectivity index (χ2v) is 6.71. The zero-order chi connectivity index (χ0) is 18.4. The van der Waals surface area contributed by atoms with Crippen molar-refractivity contribution in [1.29, 1.82) is 0 Å². The maximum Gasteiger partial charge on any atom is 0.471 e. The third-order valence-electron chi connectivity index (χ3n) is 3.89. The van der Waals surface area contributed by atoms with E-state index < -0.39 is 17.6 Å². The van der Waals surface area contributed by atoms with Gasteiger partial charge in [-0.25, -0.2) is 0 Å². The molecule has 1 amide bonds. The highest BCUT2D eigenvalue weighted by molar-refractivity contribution is 5.81. The van der Waals surface area contributed by atoms with Gasteiger partial charge in [0, 0.05) is 30.4 Å². The molecule has 0 unspecified atom stereocenters. The highest BCUT2D eigenvalue weighted by Gasteiger charge is 2.39. The van der Waals surface area contributed by atoms with Crippen LogP contribution in [0, 0.1) is 5.41 Å². The van der Waals surface area contributed by atoms with Gasteiger partial charge in [0.25, 0.3) is 5.56 Å². The molecule has 1 N–H and O–H groups in total. The van der Waals surface area contributed by atoms with Crippen LogP contribution in [0.2, 0.25) is 0 Å². The lowest BCUT2D eigenvalue weighted by Gasteiger charge is -2.45. The molecule has 7 nitrogen and oxygen atoms in total. The van der Waals surface area contributed by atoms with Gasteiger partial charge < -0.3 is 14.4 Å². The number of carbonyl (C=O) groups is 1. The van der Waals surface area contributed by atoms with E-state index in [0.29, 0.717) is 13.1 Å². The Bertz CT molecular complexity index is 861. The summed E-state index contributed by atoms with van der Waals surface area (Å²) in [6.45, 7) is 5.14. The molecule has 1 saturated heterocycles. The van der Waals surface area contributed by atoms with Crippen molar-refractivity contribution in [3.05, 3.63) is 34.1 Å². The van der Waals surface area contributed by atoms with Gasteiger partial charge in [-0.15, -0.1) is 0 Å². The fourth-order valence-electron chi connectivity index (χ4n) is 2.77. The summed E-state index contributed by atoms with van der Waals surface area (Å²) in [5, 5.41) is 3.28. The van der Waals surface area contributed by atoms with E-state index >= 15 is 0 Å². The Kier molecular flexibility index (Phi) is 3.92. The molecule has 0 aliphatic carbocycles. The summed E-state index contributed by atoms with van der Waals surface area (Å²) >= 11 is 0. The summed E-state index contributed by atoms with van der Waals surface area (Å²) in [5.74, 6) is -2.17. The Labute approximate surface area is 139 Å². The SMILES string of the molecule is CC1(C)CN(C(=O)Cc2c(-c3noc(C(F)(F)F)n3)cc[nH]c2=O)C1. The number of halogens is 3. The van der Waals surface area contributed by atoms with Crippen molar-refractivity contribution in [2.75, 3.05) is 13.1 Å². The third kappa shape index (κ3) is 3.42. The van der Waals surface area contributed by atoms with E-state index in [1.54, 1.807) is 4.90 Å². The van der Waals surface area contributed by atoms with E-state index in [2.05, 4.69) is 19.6 Å². The van der Waals surface area contributed by atoms with Gasteiger partial charge in [0.05, 0.1) is 6.42 Å². The number of nitrogens with one attached hydrogen (secondary N) is 1. The Hall–Kier alpha value is -2.65. The largest absolute Gasteiger partial charge is 0.471 e. The van der Waals surface area contributed by atoms with Gasteiger partial charge in [-0.1, -0.05) is 19.0 Å². The minimum Gasteiger partial charge on any atom is -0.341 e. The molecular formula is C15H15F3N4O3. The van der Waals surface area contributed by atoms with E-state index in [-0.39, 0.29) is 34.7 Å². The smallest absolute Gasteiger partial charge is 0.341 e. The number of hydrogen-bond donors (Lipinski definition) is 1. The van der Waals surface area contributed by atoms with Gasteiger partial charge >= 0.3 is 12.1 Å². The highest BCUT2D eigenvalue weighted by atomic mass is 19.4. The summed E-state index contributed by atoms with van der Waals surface area (Å²) in [7, 11) is 0. The summed E-state index contributed by atoms with van der Waals surface area (Å²) in [5.41, 5.74) is -0.511. The predicted molar refractivity (Wildman–Crippen MR) is 79.4 cm³/mol. The Morgan fingerprint density at radius 1 is 1.40 bits per heavy atom. The van der Waals surface area contributed by atoms with Crippen molar-refractivity contribution in [1.82, 2.24) is 20.0 Å². The number of amides is 1. The summed E-state index contributed by atoms with van der Waals surface area (Å²) in [6, 6.07) is 1.34. The number of H-pyrrole nitrogens is 1. The summed E-state index contributed by atoms with van der Waals surface area (Å²) < 4.78 is 42.0. The molecule has 1 aliphatic rings. The van der Waals surface area contributed by atoms with Crippen LogP contribution in [0.3, 0.4) is 0 Å². The molecule has 25 heavy (non-hydrogen) atoms. The predicted octanol–water partition coefficient (Wildman–Crippen LogP) is 1.85. The molecule has 0 radical (unpaired) electrons. The Morgan fingerprint density at radius 2 is 2.08 bits per heavy atom. The van der Waals surface area contributed by atoms with E-state index in [1.165, 1.54) is 12.3 Å². The molecule has 0 bridgehead atoms. The van der Waals surface area contributed by atoms with Crippen LogP contribution in [0.1, 0.15) is 25.3 Å². The van der Waals surface area contributed by atoms with Gasteiger partial charge in [0.2, 0.25) is 11.7 Å². The van der Waals surface area contributed by atoms with Crippen molar-refractivity contribution in [3.8, 4) is 11.4 Å². The first-order chi connectivity index (χ1) is 11.6. The van der Waals surface area contributed by atoms with Crippen LogP contribution in [-0.4, -0.2) is 39.0 Å². The Morgan fingerprint density at radius 3 is 2.64 bits per heavy atom. The van der Waals surface area contributed by atoms with Crippen LogP contribution in [-0.2, 0) is 17.4 Å². The molecule has 2 aromatic rings. The average molecular weight is 356 g/mol. The lowest BCUT2D eigenvalue weighted by Crippen LogP contribution is -2.56. The maximum atomic E-state index is 12.6. The van der Waals surface area contributed by atoms with Crippen LogP contribution < -0.4 is 5.56 Å². The fraction of sp³-hybridized carbons (Fsp3) is 0.467. The number of alkyl halides is 3. The molecule has 1 fully saturated rings. The second kappa shape index (κ2) is 5.71. The average Bonchev–Trinajstić information content (AvgIpc) is 2.96. The van der Waals surface area contributed by atoms with E-state index in [4.69, 9.17) is 0 Å². The van der Waals surface area contributed by atoms with Gasteiger partial charge in [-0.05, 0) is 11.5 Å². The number of aromatic nitrogens is 3. The zero-order valence-corrected chi connectivity index (χ0v) is 13.5. The van der Waals surface area contributed by atoms with Crippen molar-refractivity contribution in [3.63, 3.8) is 0 Å². The molecule has 0 aromatic carbocycles. The number of nitrogens with zero attached hydrogens (tertiary/aromatic N) is 3. The monoisotopic (exact) mass is 356 g/mol. The molecule has 2 aromatic heterocycles. The normalized spacial score (nSPS) is 16.6. The maximum absolute atomic E-state index is 12.6. The van der Waals surface area contributed by atoms with E-state index in [0.717, 1.165) is 0 Å². The lowest BCUT2D eigenvalue weighted by atomic mass is 9.84. The standard InChI is InChI=1S/C15H15F3N4O3/c1-14(2)6-22(7-14)10(23)5-9-8(3-4-19-12(9)24)11-20-13(25-21-11)15(16,17)18/h3-4H,5-7H2,1-2H3,(H,19,24). The molecule has 3 heterocycles. The summed E-state index contributed by atoms with van der Waals surface area (Å²) in [4.78, 5) is 31.7. The first-order valence-corrected chi connectivity index (χ1v) is 7.46. The number of likely N-dealkylation sites (tertiary alicyclic amines) is 1. The molecule has 1 aliphatic heterocycles. The van der Waals surface area contributed by atoms with Crippen LogP contribution in [0.4, 0.5) is 13.2 Å². The zero-order valence-electron chi connectivity index (χ0n) is 13.5. The van der Waals surface area contributed by atoms with Gasteiger partial charge in [0.15, 0.2) is 0 Å². The lowest BCUT2D eigenvalue weighted by molar-refractivity contribution is -0.159. The van der Waals surface area contributed by atoms with Gasteiger partial charge in [-0.2, -0.15) is 18.2 Å². The number of hydrogen-bond acceptors (Lipinski definition) is 5. The topological polar surface area (TPSA) is 92.1 Å². The fourth-order valence-corrected chi connectivity index (χ4v) is 2.77. The van der Waals surface area contributed by atoms with Crippen molar-refractivity contribution in [2.45, 2.75) is 26.4 Å². The molecule has 0 saturated carbocycles. The first kappa shape index (κ1) is 17.2. The van der Waals surface area contributed by atoms with Crippen LogP contribution >= 0.6 is 0 Å². The van der Waals surface area contributed by atoms with Crippen molar-refractivity contribution in [2.24, 2.45) is 5.41 Å². The van der Waals surface area contributed by atoms with E-state index in [9.17, 15) is 22.8 Å². The molecular weight excluding hydrogens is 341 g/mol. The minimum absolute atomic E-state index is 0.00623. The minimum atomic E-state index is -4.79. The first-order valence-electron chi connectivity index (χ1n) is 7.46. The number of pyridine rings is 1. The van der Waals surface area contributed by atoms with Crippen molar-refractivity contribution < 1.29 is 22.5 Å². The molecule has 0 spiro atoms. The number of aromatic amines is 1. The van der Waals surface area contributed by atoms with Crippen LogP contribution in [0.25, 0.3) is 11.4 Å². The van der Waals surface area contributed by atoms with Gasteiger partial charge in [0.1, 0.15) is 0 Å². The quantitative estimate of drug-likeness (QED) is 0.906. The second-order valence-electron chi connectivity index (χ2n) is 6.71. The third-order valence-corrected chi connectivity index (χ3v) is 3.89. The summed E-state index contributed by atoms with van der Waals surface area (Å²) in [6.07, 6.45) is -3.79. The van der Waals surface area contributed by atoms with Crippen LogP contribution in [0.5, 0.6) is 0 Å². The molecule has 134 valence electrons. The number of rotatable bonds is 3. The van der Waals surface area contributed by atoms with Crippen LogP contribution in [0.15, 0.2) is 21.6 Å². The molecule has 10 heteroatoms. The van der Waals surface area contributed by atoms with E-state index in [1.807, 2.05) is 13.8 Å². The Balaban J connectivity index is 1.89.